The lowest BCUT2D eigenvalue weighted by Gasteiger charge is -2.17. The maximum absolute atomic E-state index is 12.7. The number of rotatable bonds is 5. The first-order valence-corrected chi connectivity index (χ1v) is 9.25. The Kier molecular flexibility index (Phi) is 5.17. The fraction of sp³-hybridized carbons (Fsp3) is 0.250. The second-order valence-electron chi connectivity index (χ2n) is 6.89. The largest absolute Gasteiger partial charge is 0.494 e. The lowest BCUT2D eigenvalue weighted by molar-refractivity contribution is -0.145. The van der Waals surface area contributed by atoms with Crippen LogP contribution < -0.4 is 10.1 Å². The molecule has 0 amide bonds. The lowest BCUT2D eigenvalue weighted by Crippen LogP contribution is -2.14. The number of alkyl halides is 3. The molecular formula is C20H18F3N7O. The summed E-state index contributed by atoms with van der Waals surface area (Å²) in [6.45, 7) is 3.67. The van der Waals surface area contributed by atoms with Crippen LogP contribution in [-0.4, -0.2) is 36.6 Å². The minimum atomic E-state index is -4.59. The van der Waals surface area contributed by atoms with E-state index in [4.69, 9.17) is 4.74 Å². The van der Waals surface area contributed by atoms with Gasteiger partial charge in [0.15, 0.2) is 0 Å². The van der Waals surface area contributed by atoms with Crippen LogP contribution in [0.5, 0.6) is 5.75 Å². The van der Waals surface area contributed by atoms with E-state index in [0.717, 1.165) is 23.8 Å². The third-order valence-corrected chi connectivity index (χ3v) is 4.70. The van der Waals surface area contributed by atoms with Gasteiger partial charge in [0.1, 0.15) is 23.4 Å². The van der Waals surface area contributed by atoms with Crippen molar-refractivity contribution in [2.75, 3.05) is 12.4 Å². The highest BCUT2D eigenvalue weighted by molar-refractivity contribution is 5.94. The summed E-state index contributed by atoms with van der Waals surface area (Å²) in [5, 5.41) is 3.88. The molecule has 160 valence electrons. The number of benzene rings is 1. The van der Waals surface area contributed by atoms with Gasteiger partial charge in [0.05, 0.1) is 30.9 Å². The number of ether oxygens (including phenoxy) is 1. The van der Waals surface area contributed by atoms with Gasteiger partial charge in [-0.15, -0.1) is 0 Å². The number of aromatic nitrogens is 6. The van der Waals surface area contributed by atoms with Gasteiger partial charge in [0.2, 0.25) is 5.82 Å². The summed E-state index contributed by atoms with van der Waals surface area (Å²) in [5.41, 5.74) is 2.73. The third-order valence-electron chi connectivity index (χ3n) is 4.70. The Labute approximate surface area is 175 Å². The van der Waals surface area contributed by atoms with E-state index in [1.165, 1.54) is 6.33 Å². The molecular weight excluding hydrogens is 411 g/mol. The smallest absolute Gasteiger partial charge is 0.451 e. The van der Waals surface area contributed by atoms with Crippen LogP contribution in [0, 0.1) is 6.92 Å². The van der Waals surface area contributed by atoms with Gasteiger partial charge < -0.3 is 14.6 Å². The molecule has 3 heterocycles. The zero-order chi connectivity index (χ0) is 22.2. The second kappa shape index (κ2) is 7.82. The highest BCUT2D eigenvalue weighted by Gasteiger charge is 2.34. The first kappa shape index (κ1) is 20.5. The van der Waals surface area contributed by atoms with Crippen LogP contribution in [-0.2, 0) is 6.18 Å². The number of nitrogens with zero attached hydrogens (tertiary/aromatic N) is 6. The average Bonchev–Trinajstić information content (AvgIpc) is 3.19. The van der Waals surface area contributed by atoms with E-state index in [2.05, 4.69) is 30.2 Å². The molecule has 1 aromatic carbocycles. The van der Waals surface area contributed by atoms with Crippen LogP contribution in [0.1, 0.15) is 30.0 Å². The standard InChI is InChI=1S/C20H18F3N7O/c1-11-8-30(10-28-11)14-4-15-17(16(5-14)31-3)26-9-27-18(15)29-12(2)13-6-24-19(25-7-13)20(21,22)23/h4-10,12H,1-3H3,(H,26,27,29). The quantitative estimate of drug-likeness (QED) is 0.510. The van der Waals surface area contributed by atoms with Gasteiger partial charge in [-0.3, -0.25) is 0 Å². The highest BCUT2D eigenvalue weighted by atomic mass is 19.4. The number of fused-ring (bicyclic) bond motifs is 1. The van der Waals surface area contributed by atoms with Gasteiger partial charge in [0, 0.05) is 35.6 Å². The summed E-state index contributed by atoms with van der Waals surface area (Å²) >= 11 is 0. The van der Waals surface area contributed by atoms with Crippen molar-refractivity contribution < 1.29 is 17.9 Å². The molecule has 1 atom stereocenters. The van der Waals surface area contributed by atoms with E-state index in [1.54, 1.807) is 20.4 Å². The summed E-state index contributed by atoms with van der Waals surface area (Å²) in [4.78, 5) is 19.7. The molecule has 1 N–H and O–H groups in total. The molecule has 0 bridgehead atoms. The van der Waals surface area contributed by atoms with Gasteiger partial charge in [-0.2, -0.15) is 13.2 Å². The summed E-state index contributed by atoms with van der Waals surface area (Å²) in [6.07, 6.45) is 2.67. The first-order chi connectivity index (χ1) is 14.8. The molecule has 31 heavy (non-hydrogen) atoms. The number of methoxy groups -OCH3 is 1. The molecule has 8 nitrogen and oxygen atoms in total. The Morgan fingerprint density at radius 1 is 1.06 bits per heavy atom. The van der Waals surface area contributed by atoms with E-state index in [-0.39, 0.29) is 0 Å². The Bertz CT molecular complexity index is 1220. The van der Waals surface area contributed by atoms with E-state index in [9.17, 15) is 13.2 Å². The maximum atomic E-state index is 12.7. The van der Waals surface area contributed by atoms with Gasteiger partial charge in [-0.25, -0.2) is 24.9 Å². The van der Waals surface area contributed by atoms with Crippen LogP contribution in [0.25, 0.3) is 16.6 Å². The maximum Gasteiger partial charge on any atom is 0.451 e. The first-order valence-electron chi connectivity index (χ1n) is 9.25. The zero-order valence-corrected chi connectivity index (χ0v) is 16.8. The van der Waals surface area contributed by atoms with Gasteiger partial charge >= 0.3 is 6.18 Å². The predicted molar refractivity (Wildman–Crippen MR) is 107 cm³/mol. The van der Waals surface area contributed by atoms with Crippen LogP contribution in [0.3, 0.4) is 0 Å². The molecule has 0 aliphatic rings. The number of hydrogen-bond donors (Lipinski definition) is 1. The van der Waals surface area contributed by atoms with Crippen molar-refractivity contribution in [3.8, 4) is 11.4 Å². The molecule has 0 aliphatic heterocycles. The monoisotopic (exact) mass is 429 g/mol. The number of nitrogens with one attached hydrogen (secondary N) is 1. The van der Waals surface area contributed by atoms with Gasteiger partial charge in [-0.1, -0.05) is 0 Å². The third kappa shape index (κ3) is 4.11. The number of hydrogen-bond acceptors (Lipinski definition) is 7. The number of halogens is 3. The van der Waals surface area contributed by atoms with Crippen molar-refractivity contribution in [2.24, 2.45) is 0 Å². The molecule has 0 spiro atoms. The highest BCUT2D eigenvalue weighted by Crippen LogP contribution is 2.33. The molecule has 0 radical (unpaired) electrons. The van der Waals surface area contributed by atoms with Crippen molar-refractivity contribution in [3.05, 3.63) is 60.5 Å². The van der Waals surface area contributed by atoms with E-state index < -0.39 is 18.0 Å². The van der Waals surface area contributed by atoms with Crippen molar-refractivity contribution in [1.82, 2.24) is 29.5 Å². The van der Waals surface area contributed by atoms with Crippen LogP contribution in [0.4, 0.5) is 19.0 Å². The van der Waals surface area contributed by atoms with E-state index >= 15 is 0 Å². The Hall–Kier alpha value is -3.76. The minimum absolute atomic E-state index is 0.412. The van der Waals surface area contributed by atoms with E-state index in [1.807, 2.05) is 29.8 Å². The van der Waals surface area contributed by atoms with E-state index in [0.29, 0.717) is 28.0 Å². The van der Waals surface area contributed by atoms with Crippen LogP contribution in [0.2, 0.25) is 0 Å². The lowest BCUT2D eigenvalue weighted by atomic mass is 10.1. The number of anilines is 1. The summed E-state index contributed by atoms with van der Waals surface area (Å²) in [6, 6.07) is 3.32. The summed E-state index contributed by atoms with van der Waals surface area (Å²) < 4.78 is 45.5. The molecule has 3 aromatic heterocycles. The zero-order valence-electron chi connectivity index (χ0n) is 16.8. The van der Waals surface area contributed by atoms with Crippen molar-refractivity contribution in [1.29, 1.82) is 0 Å². The summed E-state index contributed by atoms with van der Waals surface area (Å²) in [7, 11) is 1.55. The van der Waals surface area contributed by atoms with Crippen molar-refractivity contribution in [3.63, 3.8) is 0 Å². The van der Waals surface area contributed by atoms with Crippen molar-refractivity contribution >= 4 is 16.7 Å². The second-order valence-corrected chi connectivity index (χ2v) is 6.89. The average molecular weight is 429 g/mol. The molecule has 4 rings (SSSR count). The van der Waals surface area contributed by atoms with Crippen molar-refractivity contribution in [2.45, 2.75) is 26.1 Å². The molecule has 0 saturated carbocycles. The molecule has 1 unspecified atom stereocenters. The minimum Gasteiger partial charge on any atom is -0.494 e. The SMILES string of the molecule is COc1cc(-n2cnc(C)c2)cc2c(NC(C)c3cnc(C(F)(F)F)nc3)ncnc12. The fourth-order valence-corrected chi connectivity index (χ4v) is 3.10. The van der Waals surface area contributed by atoms with Crippen LogP contribution >= 0.6 is 0 Å². The number of imidazole rings is 1. The Balaban J connectivity index is 1.71. The Morgan fingerprint density at radius 3 is 2.42 bits per heavy atom. The summed E-state index contributed by atoms with van der Waals surface area (Å²) in [5.74, 6) is -0.134. The Morgan fingerprint density at radius 2 is 1.81 bits per heavy atom. The fourth-order valence-electron chi connectivity index (χ4n) is 3.10. The van der Waals surface area contributed by atoms with Gasteiger partial charge in [-0.05, 0) is 19.9 Å². The molecule has 0 saturated heterocycles. The number of aryl methyl sites for hydroxylation is 1. The normalized spacial score (nSPS) is 12.7. The molecule has 0 aliphatic carbocycles. The van der Waals surface area contributed by atoms with Crippen LogP contribution in [0.15, 0.2) is 43.4 Å². The predicted octanol–water partition coefficient (Wildman–Crippen LogP) is 4.11. The molecule has 0 fully saturated rings. The molecule has 4 aromatic rings. The topological polar surface area (TPSA) is 90.6 Å². The van der Waals surface area contributed by atoms with Gasteiger partial charge in [0.25, 0.3) is 0 Å². The molecule has 11 heteroatoms.